The molecule has 43 heavy (non-hydrogen) atoms. The summed E-state index contributed by atoms with van der Waals surface area (Å²) >= 11 is 4.80. The van der Waals surface area contributed by atoms with Gasteiger partial charge >= 0.3 is 5.97 Å². The topological polar surface area (TPSA) is 127 Å². The molecule has 3 heterocycles. The number of hydrogen-bond donors (Lipinski definition) is 3. The van der Waals surface area contributed by atoms with E-state index in [9.17, 15) is 14.7 Å². The second kappa shape index (κ2) is 11.9. The standard InChI is InChI=1S/C32H26BrN3O6S/c1-40-23-11-10-18(15-24(23)41-2)32(39)42-13-12-21-20-8-3-4-9-22(20)35-27(21)25(17-6-5-7-19(33)14-17)26-29(37)28-31(36-30(26)38)43-16-34-28/h3-11,14-16,25,35H,12-13H2,1-2H3,(H2,36,37,38). The van der Waals surface area contributed by atoms with Gasteiger partial charge in [0.15, 0.2) is 17.2 Å². The minimum absolute atomic E-state index is 0.0701. The summed E-state index contributed by atoms with van der Waals surface area (Å²) in [6, 6.07) is 20.2. The van der Waals surface area contributed by atoms with Crippen LogP contribution in [-0.2, 0) is 11.2 Å². The van der Waals surface area contributed by atoms with Crippen molar-refractivity contribution in [1.29, 1.82) is 0 Å². The number of halogens is 1. The molecular weight excluding hydrogens is 634 g/mol. The van der Waals surface area contributed by atoms with Gasteiger partial charge in [-0.05, 0) is 47.5 Å². The van der Waals surface area contributed by atoms with Crippen LogP contribution in [0.2, 0.25) is 0 Å². The van der Waals surface area contributed by atoms with E-state index < -0.39 is 17.4 Å². The third-order valence-electron chi connectivity index (χ3n) is 7.33. The number of carbonyl (C=O) groups excluding carboxylic acids is 1. The average Bonchev–Trinajstić information content (AvgIpc) is 3.63. The quantitative estimate of drug-likeness (QED) is 0.151. The van der Waals surface area contributed by atoms with Crippen molar-refractivity contribution in [3.63, 3.8) is 0 Å². The summed E-state index contributed by atoms with van der Waals surface area (Å²) in [6.07, 6.45) is 0.348. The monoisotopic (exact) mass is 659 g/mol. The maximum atomic E-state index is 13.6. The SMILES string of the molecule is COc1ccc(C(=O)OCCc2c(C(c3cccc(Br)c3)c3c(O)c4ncsc4[nH]c3=O)[nH]c3ccccc23)cc1OC. The summed E-state index contributed by atoms with van der Waals surface area (Å²) in [4.78, 5) is 37.7. The molecule has 0 spiro atoms. The number of fused-ring (bicyclic) bond motifs is 2. The third kappa shape index (κ3) is 5.37. The van der Waals surface area contributed by atoms with Gasteiger partial charge < -0.3 is 29.3 Å². The van der Waals surface area contributed by atoms with Gasteiger partial charge in [-0.25, -0.2) is 9.78 Å². The van der Waals surface area contributed by atoms with E-state index >= 15 is 0 Å². The van der Waals surface area contributed by atoms with Gasteiger partial charge in [-0.2, -0.15) is 0 Å². The number of nitrogens with one attached hydrogen (secondary N) is 2. The number of esters is 1. The van der Waals surface area contributed by atoms with E-state index in [2.05, 4.69) is 30.9 Å². The molecule has 0 bridgehead atoms. The minimum Gasteiger partial charge on any atom is -0.505 e. The molecule has 6 rings (SSSR count). The molecule has 0 saturated carbocycles. The lowest BCUT2D eigenvalue weighted by Gasteiger charge is -2.20. The summed E-state index contributed by atoms with van der Waals surface area (Å²) < 4.78 is 17.1. The Morgan fingerprint density at radius 2 is 1.84 bits per heavy atom. The summed E-state index contributed by atoms with van der Waals surface area (Å²) in [5.41, 5.74) is 5.20. The van der Waals surface area contributed by atoms with Crippen molar-refractivity contribution in [2.24, 2.45) is 0 Å². The number of benzene rings is 3. The van der Waals surface area contributed by atoms with E-state index in [0.717, 1.165) is 26.5 Å². The van der Waals surface area contributed by atoms with Crippen LogP contribution >= 0.6 is 27.3 Å². The Balaban J connectivity index is 1.42. The van der Waals surface area contributed by atoms with E-state index in [4.69, 9.17) is 14.2 Å². The molecule has 1 unspecified atom stereocenters. The van der Waals surface area contributed by atoms with Crippen LogP contribution in [0.15, 0.2) is 81.5 Å². The summed E-state index contributed by atoms with van der Waals surface area (Å²) in [5.74, 6) is -0.426. The van der Waals surface area contributed by atoms with Crippen LogP contribution in [0.25, 0.3) is 21.3 Å². The highest BCUT2D eigenvalue weighted by molar-refractivity contribution is 9.10. The van der Waals surface area contributed by atoms with Gasteiger partial charge in [-0.1, -0.05) is 46.3 Å². The zero-order valence-electron chi connectivity index (χ0n) is 23.1. The van der Waals surface area contributed by atoms with Crippen LogP contribution in [0.5, 0.6) is 17.2 Å². The predicted molar refractivity (Wildman–Crippen MR) is 169 cm³/mol. The van der Waals surface area contributed by atoms with Gasteiger partial charge in [0.2, 0.25) is 0 Å². The van der Waals surface area contributed by atoms with Crippen molar-refractivity contribution >= 4 is 54.5 Å². The van der Waals surface area contributed by atoms with E-state index in [1.807, 2.05) is 48.5 Å². The zero-order valence-corrected chi connectivity index (χ0v) is 25.5. The first-order valence-corrected chi connectivity index (χ1v) is 15.0. The number of aromatic hydroxyl groups is 1. The van der Waals surface area contributed by atoms with E-state index in [1.54, 1.807) is 23.7 Å². The lowest BCUT2D eigenvalue weighted by Crippen LogP contribution is -2.20. The van der Waals surface area contributed by atoms with Crippen molar-refractivity contribution in [3.05, 3.63) is 115 Å². The van der Waals surface area contributed by atoms with Crippen LogP contribution < -0.4 is 15.0 Å². The summed E-state index contributed by atoms with van der Waals surface area (Å²) in [7, 11) is 3.03. The first-order chi connectivity index (χ1) is 20.9. The Labute approximate surface area is 258 Å². The molecule has 0 aliphatic rings. The first kappa shape index (κ1) is 28.5. The second-order valence-corrected chi connectivity index (χ2v) is 11.5. The second-order valence-electron chi connectivity index (χ2n) is 9.75. The van der Waals surface area contributed by atoms with E-state index in [-0.39, 0.29) is 17.9 Å². The Morgan fingerprint density at radius 1 is 1.02 bits per heavy atom. The van der Waals surface area contributed by atoms with Gasteiger partial charge in [0.1, 0.15) is 10.3 Å². The number of H-pyrrole nitrogens is 2. The Bertz CT molecular complexity index is 2030. The molecule has 9 nitrogen and oxygen atoms in total. The van der Waals surface area contributed by atoms with Gasteiger partial charge in [-0.3, -0.25) is 4.79 Å². The number of pyridine rings is 1. The number of ether oxygens (including phenoxy) is 3. The number of thiazole rings is 1. The predicted octanol–water partition coefficient (Wildman–Crippen LogP) is 6.53. The number of aromatic nitrogens is 3. The maximum absolute atomic E-state index is 13.6. The first-order valence-electron chi connectivity index (χ1n) is 13.3. The van der Waals surface area contributed by atoms with Crippen LogP contribution in [0, 0.1) is 0 Å². The molecule has 0 radical (unpaired) electrons. The molecule has 3 aromatic carbocycles. The number of carbonyl (C=O) groups is 1. The highest BCUT2D eigenvalue weighted by Gasteiger charge is 2.30. The number of methoxy groups -OCH3 is 2. The maximum Gasteiger partial charge on any atom is 0.338 e. The molecule has 3 N–H and O–H groups in total. The number of para-hydroxylation sites is 1. The minimum atomic E-state index is -0.684. The van der Waals surface area contributed by atoms with Gasteiger partial charge in [0.05, 0.1) is 43.4 Å². The molecule has 0 saturated heterocycles. The summed E-state index contributed by atoms with van der Waals surface area (Å²) in [5, 5.41) is 12.3. The van der Waals surface area contributed by atoms with Gasteiger partial charge in [-0.15, -0.1) is 11.3 Å². The van der Waals surface area contributed by atoms with Crippen LogP contribution in [0.4, 0.5) is 0 Å². The Morgan fingerprint density at radius 3 is 2.63 bits per heavy atom. The number of nitrogens with zero attached hydrogens (tertiary/aromatic N) is 1. The molecular formula is C32H26BrN3O6S. The van der Waals surface area contributed by atoms with Crippen molar-refractivity contribution in [1.82, 2.24) is 15.0 Å². The molecule has 11 heteroatoms. The molecule has 0 aliphatic heterocycles. The van der Waals surface area contributed by atoms with Crippen LogP contribution in [0.1, 0.15) is 38.7 Å². The fourth-order valence-electron chi connectivity index (χ4n) is 5.37. The van der Waals surface area contributed by atoms with Gasteiger partial charge in [0, 0.05) is 27.5 Å². The van der Waals surface area contributed by atoms with Crippen molar-refractivity contribution < 1.29 is 24.1 Å². The molecule has 6 aromatic rings. The number of aromatic amines is 2. The molecule has 0 amide bonds. The fourth-order valence-corrected chi connectivity index (χ4v) is 6.46. The Hall–Kier alpha value is -4.61. The number of rotatable bonds is 9. The lowest BCUT2D eigenvalue weighted by atomic mass is 9.86. The molecule has 0 aliphatic carbocycles. The highest BCUT2D eigenvalue weighted by atomic mass is 79.9. The lowest BCUT2D eigenvalue weighted by molar-refractivity contribution is 0.0509. The van der Waals surface area contributed by atoms with Crippen LogP contribution in [0.3, 0.4) is 0 Å². The van der Waals surface area contributed by atoms with E-state index in [0.29, 0.717) is 39.5 Å². The molecule has 1 atom stereocenters. The highest BCUT2D eigenvalue weighted by Crippen LogP contribution is 2.41. The van der Waals surface area contributed by atoms with Crippen molar-refractivity contribution in [3.8, 4) is 17.2 Å². The van der Waals surface area contributed by atoms with Crippen LogP contribution in [-0.4, -0.2) is 46.9 Å². The molecule has 3 aromatic heterocycles. The normalized spacial score (nSPS) is 12.0. The number of hydrogen-bond acceptors (Lipinski definition) is 8. The molecule has 218 valence electrons. The fraction of sp³-hybridized carbons (Fsp3) is 0.156. The molecule has 0 fully saturated rings. The van der Waals surface area contributed by atoms with Crippen molar-refractivity contribution in [2.45, 2.75) is 12.3 Å². The third-order valence-corrected chi connectivity index (χ3v) is 8.56. The largest absolute Gasteiger partial charge is 0.505 e. The van der Waals surface area contributed by atoms with Gasteiger partial charge in [0.25, 0.3) is 5.56 Å². The average molecular weight is 661 g/mol. The van der Waals surface area contributed by atoms with E-state index in [1.165, 1.54) is 25.6 Å². The zero-order chi connectivity index (χ0) is 30.1. The summed E-state index contributed by atoms with van der Waals surface area (Å²) in [6.45, 7) is 0.0701. The smallest absolute Gasteiger partial charge is 0.338 e. The van der Waals surface area contributed by atoms with Crippen molar-refractivity contribution in [2.75, 3.05) is 20.8 Å². The Kier molecular flexibility index (Phi) is 7.92.